The number of ether oxygens (including phenoxy) is 2. The van der Waals surface area contributed by atoms with Gasteiger partial charge in [0.05, 0.1) is 5.92 Å². The van der Waals surface area contributed by atoms with E-state index in [1.54, 1.807) is 18.2 Å². The van der Waals surface area contributed by atoms with E-state index in [9.17, 15) is 14.0 Å². The molecule has 2 aromatic carbocycles. The number of halogens is 1. The minimum absolute atomic E-state index is 0.0786. The lowest BCUT2D eigenvalue weighted by atomic mass is 9.94. The average Bonchev–Trinajstić information content (AvgIpc) is 3.22. The van der Waals surface area contributed by atoms with Crippen LogP contribution >= 0.6 is 11.8 Å². The van der Waals surface area contributed by atoms with Gasteiger partial charge >= 0.3 is 0 Å². The summed E-state index contributed by atoms with van der Waals surface area (Å²) < 4.78 is 24.4. The molecule has 31 heavy (non-hydrogen) atoms. The Bertz CT molecular complexity index is 974. The van der Waals surface area contributed by atoms with Crippen LogP contribution in [-0.2, 0) is 21.9 Å². The SMILES string of the molecule is CC1NC(SCc2ccccc2F)NC(=O)C1CC(=O)NCc1ccc2c(c1)OCO2. The van der Waals surface area contributed by atoms with E-state index in [0.717, 1.165) is 5.56 Å². The van der Waals surface area contributed by atoms with E-state index in [1.165, 1.54) is 17.8 Å². The van der Waals surface area contributed by atoms with Gasteiger partial charge in [-0.1, -0.05) is 24.3 Å². The van der Waals surface area contributed by atoms with Crippen molar-refractivity contribution < 1.29 is 23.5 Å². The molecule has 2 heterocycles. The molecule has 4 rings (SSSR count). The van der Waals surface area contributed by atoms with Crippen LogP contribution in [-0.4, -0.2) is 30.1 Å². The van der Waals surface area contributed by atoms with E-state index in [-0.39, 0.29) is 42.4 Å². The Morgan fingerprint density at radius 3 is 2.84 bits per heavy atom. The highest BCUT2D eigenvalue weighted by Crippen LogP contribution is 2.32. The lowest BCUT2D eigenvalue weighted by molar-refractivity contribution is -0.133. The van der Waals surface area contributed by atoms with E-state index in [2.05, 4.69) is 16.0 Å². The number of rotatable bonds is 7. The van der Waals surface area contributed by atoms with Gasteiger partial charge in [-0.05, 0) is 36.2 Å². The van der Waals surface area contributed by atoms with Crippen LogP contribution < -0.4 is 25.4 Å². The maximum Gasteiger partial charge on any atom is 0.231 e. The van der Waals surface area contributed by atoms with Gasteiger partial charge in [0.1, 0.15) is 11.3 Å². The van der Waals surface area contributed by atoms with E-state index >= 15 is 0 Å². The molecule has 2 amide bonds. The molecule has 0 saturated carbocycles. The third-order valence-electron chi connectivity index (χ3n) is 5.32. The summed E-state index contributed by atoms with van der Waals surface area (Å²) in [4.78, 5) is 25.0. The molecule has 3 N–H and O–H groups in total. The largest absolute Gasteiger partial charge is 0.454 e. The molecule has 0 aliphatic carbocycles. The molecule has 3 unspecified atom stereocenters. The first kappa shape index (κ1) is 21.5. The van der Waals surface area contributed by atoms with Gasteiger partial charge in [-0.25, -0.2) is 4.39 Å². The lowest BCUT2D eigenvalue weighted by Gasteiger charge is -2.35. The van der Waals surface area contributed by atoms with Gasteiger partial charge in [-0.15, -0.1) is 11.8 Å². The maximum absolute atomic E-state index is 13.8. The molecule has 2 aromatic rings. The fourth-order valence-electron chi connectivity index (χ4n) is 3.53. The molecule has 2 aliphatic heterocycles. The molecular formula is C22H24FN3O4S. The monoisotopic (exact) mass is 445 g/mol. The van der Waals surface area contributed by atoms with Gasteiger partial charge in [-0.2, -0.15) is 0 Å². The minimum Gasteiger partial charge on any atom is -0.454 e. The number of thioether (sulfide) groups is 1. The Balaban J connectivity index is 1.25. The van der Waals surface area contributed by atoms with E-state index < -0.39 is 5.92 Å². The van der Waals surface area contributed by atoms with Crippen LogP contribution in [0.5, 0.6) is 11.5 Å². The molecule has 2 aliphatic rings. The Kier molecular flexibility index (Phi) is 6.62. The van der Waals surface area contributed by atoms with Gasteiger partial charge in [-0.3, -0.25) is 14.9 Å². The van der Waals surface area contributed by atoms with Crippen LogP contribution in [0.15, 0.2) is 42.5 Å². The Morgan fingerprint density at radius 1 is 1.23 bits per heavy atom. The van der Waals surface area contributed by atoms with Crippen molar-refractivity contribution in [2.45, 2.75) is 37.2 Å². The van der Waals surface area contributed by atoms with Crippen molar-refractivity contribution >= 4 is 23.6 Å². The summed E-state index contributed by atoms with van der Waals surface area (Å²) in [6.45, 7) is 2.42. The average molecular weight is 446 g/mol. The van der Waals surface area contributed by atoms with Crippen LogP contribution in [0.3, 0.4) is 0 Å². The molecule has 9 heteroatoms. The highest BCUT2D eigenvalue weighted by Gasteiger charge is 2.35. The smallest absolute Gasteiger partial charge is 0.231 e. The topological polar surface area (TPSA) is 88.7 Å². The van der Waals surface area contributed by atoms with Crippen molar-refractivity contribution in [3.05, 3.63) is 59.4 Å². The van der Waals surface area contributed by atoms with Crippen molar-refractivity contribution in [3.63, 3.8) is 0 Å². The third-order valence-corrected chi connectivity index (χ3v) is 6.39. The summed E-state index contributed by atoms with van der Waals surface area (Å²) in [6.07, 6.45) is 0.0786. The molecule has 0 aromatic heterocycles. The van der Waals surface area contributed by atoms with Gasteiger partial charge in [0.15, 0.2) is 11.5 Å². The van der Waals surface area contributed by atoms with E-state index in [0.29, 0.717) is 29.4 Å². The van der Waals surface area contributed by atoms with Crippen LogP contribution in [0.4, 0.5) is 4.39 Å². The summed E-state index contributed by atoms with van der Waals surface area (Å²) in [5, 5.41) is 9.02. The molecule has 0 radical (unpaired) electrons. The normalized spacial score (nSPS) is 22.1. The third kappa shape index (κ3) is 5.29. The summed E-state index contributed by atoms with van der Waals surface area (Å²) in [5.41, 5.74) is 1.14. The second-order valence-corrected chi connectivity index (χ2v) is 8.61. The fraction of sp³-hybridized carbons (Fsp3) is 0.364. The fourth-order valence-corrected chi connectivity index (χ4v) is 4.62. The van der Waals surface area contributed by atoms with Gasteiger partial charge < -0.3 is 20.1 Å². The van der Waals surface area contributed by atoms with Crippen molar-refractivity contribution in [2.75, 3.05) is 6.79 Å². The Morgan fingerprint density at radius 2 is 2.03 bits per heavy atom. The number of carbonyl (C=O) groups is 2. The number of carbonyl (C=O) groups excluding carboxylic acids is 2. The summed E-state index contributed by atoms with van der Waals surface area (Å²) in [7, 11) is 0. The number of fused-ring (bicyclic) bond motifs is 1. The standard InChI is InChI=1S/C22H24FN3O4S/c1-13-16(9-20(27)24-10-14-6-7-18-19(8-14)30-12-29-18)21(28)26-22(25-13)31-11-15-4-2-3-5-17(15)23/h2-8,13,16,22,25H,9-12H2,1H3,(H,24,27)(H,26,28). The Hall–Kier alpha value is -2.78. The number of benzene rings is 2. The van der Waals surface area contributed by atoms with Crippen molar-refractivity contribution in [2.24, 2.45) is 5.92 Å². The van der Waals surface area contributed by atoms with Gasteiger partial charge in [0, 0.05) is 24.8 Å². The van der Waals surface area contributed by atoms with Crippen LogP contribution in [0, 0.1) is 11.7 Å². The molecule has 1 saturated heterocycles. The van der Waals surface area contributed by atoms with Gasteiger partial charge in [0.25, 0.3) is 0 Å². The predicted molar refractivity (Wildman–Crippen MR) is 115 cm³/mol. The highest BCUT2D eigenvalue weighted by molar-refractivity contribution is 7.99. The summed E-state index contributed by atoms with van der Waals surface area (Å²) >= 11 is 1.40. The van der Waals surface area contributed by atoms with Crippen LogP contribution in [0.1, 0.15) is 24.5 Å². The molecule has 0 spiro atoms. The molecule has 164 valence electrons. The molecule has 0 bridgehead atoms. The quantitative estimate of drug-likeness (QED) is 0.607. The second-order valence-electron chi connectivity index (χ2n) is 7.52. The van der Waals surface area contributed by atoms with E-state index in [1.807, 2.05) is 25.1 Å². The zero-order valence-electron chi connectivity index (χ0n) is 17.0. The zero-order chi connectivity index (χ0) is 21.8. The number of hydrogen-bond donors (Lipinski definition) is 3. The summed E-state index contributed by atoms with van der Waals surface area (Å²) in [5.74, 6) is 0.646. The van der Waals surface area contributed by atoms with Crippen molar-refractivity contribution in [3.8, 4) is 11.5 Å². The van der Waals surface area contributed by atoms with Crippen molar-refractivity contribution in [1.29, 1.82) is 0 Å². The summed E-state index contributed by atoms with van der Waals surface area (Å²) in [6, 6.07) is 11.9. The molecule has 1 fully saturated rings. The first-order valence-corrected chi connectivity index (χ1v) is 11.1. The lowest BCUT2D eigenvalue weighted by Crippen LogP contribution is -2.59. The number of hydrogen-bond acceptors (Lipinski definition) is 6. The maximum atomic E-state index is 13.8. The van der Waals surface area contributed by atoms with E-state index in [4.69, 9.17) is 9.47 Å². The molecular weight excluding hydrogens is 421 g/mol. The molecule has 3 atom stereocenters. The number of nitrogens with one attached hydrogen (secondary N) is 3. The molecule has 7 nitrogen and oxygen atoms in total. The predicted octanol–water partition coefficient (Wildman–Crippen LogP) is 2.50. The highest BCUT2D eigenvalue weighted by atomic mass is 32.2. The number of amides is 2. The van der Waals surface area contributed by atoms with Gasteiger partial charge in [0.2, 0.25) is 18.6 Å². The zero-order valence-corrected chi connectivity index (χ0v) is 17.8. The second kappa shape index (κ2) is 9.57. The minimum atomic E-state index is -0.484. The first-order chi connectivity index (χ1) is 15.0. The van der Waals surface area contributed by atoms with Crippen LogP contribution in [0.2, 0.25) is 0 Å². The first-order valence-electron chi connectivity index (χ1n) is 10.1. The van der Waals surface area contributed by atoms with Crippen molar-refractivity contribution in [1.82, 2.24) is 16.0 Å². The Labute approximate surface area is 184 Å². The van der Waals surface area contributed by atoms with Crippen LogP contribution in [0.25, 0.3) is 0 Å².